The van der Waals surface area contributed by atoms with Gasteiger partial charge in [0.05, 0.1) is 0 Å². The summed E-state index contributed by atoms with van der Waals surface area (Å²) in [5.74, 6) is 0. The van der Waals surface area contributed by atoms with Gasteiger partial charge in [0.25, 0.3) is 0 Å². The number of hydrogen-bond acceptors (Lipinski definition) is 2. The van der Waals surface area contributed by atoms with E-state index in [0.717, 1.165) is 0 Å². The van der Waals surface area contributed by atoms with Crippen LogP contribution in [-0.4, -0.2) is 30.6 Å². The van der Waals surface area contributed by atoms with Gasteiger partial charge >= 0.3 is 0 Å². The van der Waals surface area contributed by atoms with Crippen molar-refractivity contribution >= 4 is 5.69 Å². The molecule has 1 aromatic rings. The smallest absolute Gasteiger partial charge is 0.0345 e. The van der Waals surface area contributed by atoms with Crippen LogP contribution in [0.25, 0.3) is 0 Å². The summed E-state index contributed by atoms with van der Waals surface area (Å²) in [6.45, 7) is 10.3. The average molecular weight is 246 g/mol. The lowest BCUT2D eigenvalue weighted by Crippen LogP contribution is -2.26. The van der Waals surface area contributed by atoms with E-state index in [4.69, 9.17) is 0 Å². The average Bonchev–Trinajstić information content (AvgIpc) is 2.59. The van der Waals surface area contributed by atoms with Crippen molar-refractivity contribution in [1.29, 1.82) is 0 Å². The van der Waals surface area contributed by atoms with E-state index < -0.39 is 0 Å². The fraction of sp³-hybridized carbons (Fsp3) is 0.625. The summed E-state index contributed by atoms with van der Waals surface area (Å²) < 4.78 is 0. The Hall–Kier alpha value is -1.02. The number of hydrogen-bond donors (Lipinski definition) is 1. The van der Waals surface area contributed by atoms with Gasteiger partial charge in [-0.2, -0.15) is 0 Å². The lowest BCUT2D eigenvalue weighted by molar-refractivity contribution is 0.300. The van der Waals surface area contributed by atoms with Crippen molar-refractivity contribution in [2.75, 3.05) is 25.0 Å². The molecule has 0 amide bonds. The molecular weight excluding hydrogens is 220 g/mol. The van der Waals surface area contributed by atoms with E-state index in [1.54, 1.807) is 0 Å². The normalized spacial score (nSPS) is 21.6. The molecule has 0 saturated carbocycles. The Labute approximate surface area is 111 Å². The molecule has 2 heteroatoms. The van der Waals surface area contributed by atoms with Crippen molar-refractivity contribution in [2.24, 2.45) is 0 Å². The van der Waals surface area contributed by atoms with Crippen molar-refractivity contribution < 1.29 is 0 Å². The van der Waals surface area contributed by atoms with Crippen LogP contribution in [0, 0.1) is 13.8 Å². The van der Waals surface area contributed by atoms with Crippen LogP contribution in [0.2, 0.25) is 0 Å². The van der Waals surface area contributed by atoms with E-state index in [0.29, 0.717) is 6.04 Å². The highest BCUT2D eigenvalue weighted by Gasteiger charge is 2.15. The lowest BCUT2D eigenvalue weighted by atomic mass is 10.1. The summed E-state index contributed by atoms with van der Waals surface area (Å²) in [7, 11) is 0. The molecule has 1 aliphatic rings. The fourth-order valence-electron chi connectivity index (χ4n) is 2.68. The molecule has 1 fully saturated rings. The van der Waals surface area contributed by atoms with Crippen LogP contribution in [0.5, 0.6) is 0 Å². The molecule has 0 bridgehead atoms. The summed E-state index contributed by atoms with van der Waals surface area (Å²) in [5.41, 5.74) is 4.04. The Morgan fingerprint density at radius 2 is 2.00 bits per heavy atom. The molecule has 1 heterocycles. The van der Waals surface area contributed by atoms with E-state index in [1.807, 2.05) is 0 Å². The summed E-state index contributed by atoms with van der Waals surface area (Å²) in [4.78, 5) is 2.56. The number of nitrogens with zero attached hydrogens (tertiary/aromatic N) is 1. The second-order valence-electron chi connectivity index (χ2n) is 5.51. The van der Waals surface area contributed by atoms with Crippen LogP contribution in [-0.2, 0) is 0 Å². The molecule has 2 nitrogen and oxygen atoms in total. The Morgan fingerprint density at radius 1 is 1.17 bits per heavy atom. The van der Waals surface area contributed by atoms with Crippen molar-refractivity contribution in [1.82, 2.24) is 4.90 Å². The summed E-state index contributed by atoms with van der Waals surface area (Å²) in [6, 6.07) is 7.35. The lowest BCUT2D eigenvalue weighted by Gasteiger charge is -2.19. The molecule has 100 valence electrons. The summed E-state index contributed by atoms with van der Waals surface area (Å²) in [5, 5.41) is 3.71. The van der Waals surface area contributed by atoms with Crippen LogP contribution in [0.1, 0.15) is 37.3 Å². The molecular formula is C16H26N2. The third-order valence-electron chi connectivity index (χ3n) is 4.15. The van der Waals surface area contributed by atoms with Gasteiger partial charge in [-0.15, -0.1) is 0 Å². The van der Waals surface area contributed by atoms with Crippen molar-refractivity contribution in [3.05, 3.63) is 29.3 Å². The first-order valence-corrected chi connectivity index (χ1v) is 7.25. The predicted molar refractivity (Wildman–Crippen MR) is 79.3 cm³/mol. The van der Waals surface area contributed by atoms with Gasteiger partial charge in [-0.05, 0) is 69.5 Å². The van der Waals surface area contributed by atoms with E-state index in [1.165, 1.54) is 55.7 Å². The molecule has 1 N–H and O–H groups in total. The molecule has 1 unspecified atom stereocenters. The zero-order valence-corrected chi connectivity index (χ0v) is 12.0. The first kappa shape index (κ1) is 13.4. The maximum atomic E-state index is 3.71. The van der Waals surface area contributed by atoms with Crippen LogP contribution >= 0.6 is 0 Å². The monoisotopic (exact) mass is 246 g/mol. The van der Waals surface area contributed by atoms with Crippen LogP contribution < -0.4 is 5.32 Å². The fourth-order valence-corrected chi connectivity index (χ4v) is 2.68. The Balaban J connectivity index is 1.94. The molecule has 1 aliphatic heterocycles. The van der Waals surface area contributed by atoms with E-state index in [9.17, 15) is 0 Å². The van der Waals surface area contributed by atoms with E-state index in [2.05, 4.69) is 49.2 Å². The molecule has 0 aliphatic carbocycles. The first-order chi connectivity index (χ1) is 8.69. The van der Waals surface area contributed by atoms with Gasteiger partial charge < -0.3 is 10.2 Å². The third-order valence-corrected chi connectivity index (χ3v) is 4.15. The van der Waals surface area contributed by atoms with Gasteiger partial charge in [-0.3, -0.25) is 0 Å². The van der Waals surface area contributed by atoms with E-state index in [-0.39, 0.29) is 0 Å². The van der Waals surface area contributed by atoms with Gasteiger partial charge in [0.2, 0.25) is 0 Å². The van der Waals surface area contributed by atoms with Gasteiger partial charge in [-0.1, -0.05) is 13.0 Å². The predicted octanol–water partition coefficient (Wildman–Crippen LogP) is 3.59. The number of benzene rings is 1. The zero-order chi connectivity index (χ0) is 13.0. The minimum atomic E-state index is 0.642. The molecule has 0 aromatic heterocycles. The first-order valence-electron chi connectivity index (χ1n) is 7.25. The van der Waals surface area contributed by atoms with Gasteiger partial charge in [-0.25, -0.2) is 0 Å². The highest BCUT2D eigenvalue weighted by molar-refractivity contribution is 5.48. The zero-order valence-electron chi connectivity index (χ0n) is 12.0. The Kier molecular flexibility index (Phi) is 4.65. The SMILES string of the molecule is CCN1CCCC(Nc2ccc(C)c(C)c2)CC1. The van der Waals surface area contributed by atoms with Crippen LogP contribution in [0.4, 0.5) is 5.69 Å². The maximum absolute atomic E-state index is 3.71. The third kappa shape index (κ3) is 3.49. The minimum Gasteiger partial charge on any atom is -0.382 e. The molecule has 1 aromatic carbocycles. The molecule has 18 heavy (non-hydrogen) atoms. The number of likely N-dealkylation sites (tertiary alicyclic amines) is 1. The highest BCUT2D eigenvalue weighted by atomic mass is 15.1. The second kappa shape index (κ2) is 6.24. The van der Waals surface area contributed by atoms with Crippen molar-refractivity contribution in [3.63, 3.8) is 0 Å². The van der Waals surface area contributed by atoms with Crippen molar-refractivity contribution in [2.45, 2.75) is 46.1 Å². The highest BCUT2D eigenvalue weighted by Crippen LogP contribution is 2.19. The standard InChI is InChI=1S/C16H26N2/c1-4-18-10-5-6-15(9-11-18)17-16-8-7-13(2)14(3)12-16/h7-8,12,15,17H,4-6,9-11H2,1-3H3. The maximum Gasteiger partial charge on any atom is 0.0345 e. The summed E-state index contributed by atoms with van der Waals surface area (Å²) in [6.07, 6.45) is 3.88. The second-order valence-corrected chi connectivity index (χ2v) is 5.51. The molecule has 1 saturated heterocycles. The number of anilines is 1. The van der Waals surface area contributed by atoms with Crippen LogP contribution in [0.15, 0.2) is 18.2 Å². The minimum absolute atomic E-state index is 0.642. The summed E-state index contributed by atoms with van der Waals surface area (Å²) >= 11 is 0. The van der Waals surface area contributed by atoms with E-state index >= 15 is 0 Å². The quantitative estimate of drug-likeness (QED) is 0.877. The molecule has 0 spiro atoms. The van der Waals surface area contributed by atoms with Crippen molar-refractivity contribution in [3.8, 4) is 0 Å². The Morgan fingerprint density at radius 3 is 2.72 bits per heavy atom. The molecule has 0 radical (unpaired) electrons. The van der Waals surface area contributed by atoms with Gasteiger partial charge in [0.15, 0.2) is 0 Å². The molecule has 2 rings (SSSR count). The number of aryl methyl sites for hydroxylation is 2. The van der Waals surface area contributed by atoms with Crippen LogP contribution in [0.3, 0.4) is 0 Å². The number of nitrogens with one attached hydrogen (secondary N) is 1. The topological polar surface area (TPSA) is 15.3 Å². The molecule has 1 atom stereocenters. The largest absolute Gasteiger partial charge is 0.382 e. The van der Waals surface area contributed by atoms with Gasteiger partial charge in [0, 0.05) is 18.3 Å². The number of rotatable bonds is 3. The Bertz CT molecular complexity index is 387. The van der Waals surface area contributed by atoms with Gasteiger partial charge in [0.1, 0.15) is 0 Å².